The molecule has 0 bridgehead atoms. The second-order valence-corrected chi connectivity index (χ2v) is 8.22. The summed E-state index contributed by atoms with van der Waals surface area (Å²) in [5.41, 5.74) is 8.13. The highest BCUT2D eigenvalue weighted by Gasteiger charge is 2.20. The maximum Gasteiger partial charge on any atom is 0.116 e. The number of pyridine rings is 2. The summed E-state index contributed by atoms with van der Waals surface area (Å²) in [4.78, 5) is 12.1. The van der Waals surface area contributed by atoms with Crippen molar-refractivity contribution in [3.8, 4) is 22.5 Å². The Kier molecular flexibility index (Phi) is 4.09. The molecule has 1 fully saturated rings. The van der Waals surface area contributed by atoms with Crippen LogP contribution in [0, 0.1) is 5.92 Å². The molecule has 6 nitrogen and oxygen atoms in total. The molecule has 1 saturated carbocycles. The number of rotatable bonds is 5. The third-order valence-electron chi connectivity index (χ3n) is 6.21. The van der Waals surface area contributed by atoms with Crippen LogP contribution in [0.2, 0.25) is 0 Å². The van der Waals surface area contributed by atoms with E-state index in [0.29, 0.717) is 5.92 Å². The van der Waals surface area contributed by atoms with Crippen LogP contribution in [0.25, 0.3) is 44.3 Å². The van der Waals surface area contributed by atoms with Gasteiger partial charge in [0.2, 0.25) is 0 Å². The molecule has 4 aromatic heterocycles. The van der Waals surface area contributed by atoms with Crippen LogP contribution in [0.1, 0.15) is 19.3 Å². The quantitative estimate of drug-likeness (QED) is 0.340. The van der Waals surface area contributed by atoms with Crippen molar-refractivity contribution in [1.29, 1.82) is 0 Å². The van der Waals surface area contributed by atoms with Gasteiger partial charge in [0, 0.05) is 46.1 Å². The smallest absolute Gasteiger partial charge is 0.116 e. The van der Waals surface area contributed by atoms with Crippen molar-refractivity contribution in [2.24, 2.45) is 5.92 Å². The lowest BCUT2D eigenvalue weighted by atomic mass is 9.83. The second-order valence-electron chi connectivity index (χ2n) is 8.22. The van der Waals surface area contributed by atoms with E-state index in [0.717, 1.165) is 55.7 Å². The van der Waals surface area contributed by atoms with Crippen molar-refractivity contribution in [3.05, 3.63) is 73.5 Å². The Morgan fingerprint density at radius 3 is 2.74 bits per heavy atom. The molecule has 6 heteroatoms. The van der Waals surface area contributed by atoms with Crippen molar-refractivity contribution in [1.82, 2.24) is 25.1 Å². The summed E-state index contributed by atoms with van der Waals surface area (Å²) < 4.78 is 0. The summed E-state index contributed by atoms with van der Waals surface area (Å²) in [6.07, 6.45) is 11.1. The Morgan fingerprint density at radius 1 is 0.968 bits per heavy atom. The SMILES string of the molecule is C=C(Nc1cncc(-c2ccc3[nH]nc(-c4cc5cnccc5[nH]4)c3c2)c1)C1CCC1. The topological polar surface area (TPSA) is 82.3 Å². The highest BCUT2D eigenvalue weighted by Crippen LogP contribution is 2.34. The van der Waals surface area contributed by atoms with Crippen molar-refractivity contribution < 1.29 is 0 Å². The van der Waals surface area contributed by atoms with Crippen molar-refractivity contribution in [2.45, 2.75) is 19.3 Å². The predicted molar refractivity (Wildman–Crippen MR) is 125 cm³/mol. The predicted octanol–water partition coefficient (Wildman–Crippen LogP) is 5.89. The Bertz CT molecular complexity index is 1390. The largest absolute Gasteiger partial charge is 0.358 e. The lowest BCUT2D eigenvalue weighted by Gasteiger charge is -2.28. The molecule has 0 radical (unpaired) electrons. The molecule has 6 rings (SSSR count). The molecule has 0 atom stereocenters. The zero-order chi connectivity index (χ0) is 20.8. The molecule has 0 spiro atoms. The van der Waals surface area contributed by atoms with Crippen LogP contribution < -0.4 is 5.32 Å². The first kappa shape index (κ1) is 17.9. The molecule has 1 aliphatic carbocycles. The van der Waals surface area contributed by atoms with Gasteiger partial charge in [-0.15, -0.1) is 0 Å². The molecule has 0 saturated heterocycles. The van der Waals surface area contributed by atoms with Crippen molar-refractivity contribution in [2.75, 3.05) is 5.32 Å². The van der Waals surface area contributed by atoms with Crippen LogP contribution in [-0.2, 0) is 0 Å². The van der Waals surface area contributed by atoms with Crippen LogP contribution in [0.3, 0.4) is 0 Å². The van der Waals surface area contributed by atoms with Gasteiger partial charge in [0.15, 0.2) is 0 Å². The van der Waals surface area contributed by atoms with Crippen molar-refractivity contribution in [3.63, 3.8) is 0 Å². The maximum absolute atomic E-state index is 4.57. The van der Waals surface area contributed by atoms with Crippen LogP contribution in [-0.4, -0.2) is 25.1 Å². The third kappa shape index (κ3) is 3.17. The minimum atomic E-state index is 0.583. The van der Waals surface area contributed by atoms with E-state index in [-0.39, 0.29) is 0 Å². The fourth-order valence-electron chi connectivity index (χ4n) is 4.21. The minimum Gasteiger partial charge on any atom is -0.358 e. The summed E-state index contributed by atoms with van der Waals surface area (Å²) >= 11 is 0. The molecule has 0 aliphatic heterocycles. The second kappa shape index (κ2) is 7.09. The molecule has 31 heavy (non-hydrogen) atoms. The Morgan fingerprint density at radius 2 is 1.90 bits per heavy atom. The number of benzene rings is 1. The number of nitrogens with zero attached hydrogens (tertiary/aromatic N) is 3. The van der Waals surface area contributed by atoms with Crippen LogP contribution in [0.4, 0.5) is 5.69 Å². The molecule has 152 valence electrons. The minimum absolute atomic E-state index is 0.583. The van der Waals surface area contributed by atoms with Crippen molar-refractivity contribution >= 4 is 27.5 Å². The van der Waals surface area contributed by atoms with Gasteiger partial charge < -0.3 is 10.3 Å². The zero-order valence-electron chi connectivity index (χ0n) is 17.0. The number of nitrogens with one attached hydrogen (secondary N) is 3. The fraction of sp³-hybridized carbons (Fsp3) is 0.160. The standard InChI is InChI=1S/C25H22N6/c1-15(16-3-2-4-16)28-20-9-18(12-27-14-20)17-5-6-23-21(10-17)25(31-30-23)24-11-19-13-26-8-7-22(19)29-24/h5-14,16,28-29H,1-4H2,(H,30,31). The number of anilines is 1. The highest BCUT2D eigenvalue weighted by atomic mass is 15.1. The van der Waals surface area contributed by atoms with Gasteiger partial charge in [-0.1, -0.05) is 19.1 Å². The summed E-state index contributed by atoms with van der Waals surface area (Å²) in [6.45, 7) is 4.21. The number of fused-ring (bicyclic) bond motifs is 2. The van der Waals surface area contributed by atoms with E-state index in [1.807, 2.05) is 24.7 Å². The van der Waals surface area contributed by atoms with Gasteiger partial charge in [-0.05, 0) is 54.7 Å². The van der Waals surface area contributed by atoms with Gasteiger partial charge in [0.25, 0.3) is 0 Å². The number of H-pyrrole nitrogens is 2. The average molecular weight is 406 g/mol. The van der Waals surface area contributed by atoms with E-state index < -0.39 is 0 Å². The summed E-state index contributed by atoms with van der Waals surface area (Å²) in [6, 6.07) is 12.5. The molecule has 1 aromatic carbocycles. The highest BCUT2D eigenvalue weighted by molar-refractivity contribution is 5.97. The number of aromatic amines is 2. The first-order valence-electron chi connectivity index (χ1n) is 10.6. The number of hydrogen-bond acceptors (Lipinski definition) is 4. The Hall–Kier alpha value is -3.93. The molecule has 0 unspecified atom stereocenters. The molecule has 0 amide bonds. The number of allylic oxidation sites excluding steroid dienone is 1. The van der Waals surface area contributed by atoms with E-state index in [2.05, 4.69) is 67.4 Å². The van der Waals surface area contributed by atoms with Crippen LogP contribution >= 0.6 is 0 Å². The first-order valence-corrected chi connectivity index (χ1v) is 10.6. The van der Waals surface area contributed by atoms with E-state index in [1.165, 1.54) is 19.3 Å². The van der Waals surface area contributed by atoms with Gasteiger partial charge in [-0.25, -0.2) is 0 Å². The summed E-state index contributed by atoms with van der Waals surface area (Å²) in [5.74, 6) is 0.583. The normalized spacial score (nSPS) is 14.1. The van der Waals surface area contributed by atoms with E-state index in [1.54, 1.807) is 6.20 Å². The molecule has 4 heterocycles. The average Bonchev–Trinajstić information content (AvgIpc) is 3.36. The Balaban J connectivity index is 1.37. The monoisotopic (exact) mass is 406 g/mol. The van der Waals surface area contributed by atoms with Gasteiger partial charge >= 0.3 is 0 Å². The summed E-state index contributed by atoms with van der Waals surface area (Å²) in [7, 11) is 0. The van der Waals surface area contributed by atoms with E-state index >= 15 is 0 Å². The molecule has 5 aromatic rings. The molecule has 1 aliphatic rings. The van der Waals surface area contributed by atoms with Crippen LogP contribution in [0.5, 0.6) is 0 Å². The van der Waals surface area contributed by atoms with E-state index in [9.17, 15) is 0 Å². The van der Waals surface area contributed by atoms with Crippen LogP contribution in [0.15, 0.2) is 73.5 Å². The lowest BCUT2D eigenvalue weighted by molar-refractivity contribution is 0.371. The number of aromatic nitrogens is 5. The Labute approximate surface area is 179 Å². The van der Waals surface area contributed by atoms with Gasteiger partial charge in [0.05, 0.1) is 23.1 Å². The first-order chi connectivity index (χ1) is 15.2. The summed E-state index contributed by atoms with van der Waals surface area (Å²) in [5, 5.41) is 13.3. The van der Waals surface area contributed by atoms with Gasteiger partial charge in [0.1, 0.15) is 5.69 Å². The fourth-order valence-corrected chi connectivity index (χ4v) is 4.21. The number of hydrogen-bond donors (Lipinski definition) is 3. The lowest BCUT2D eigenvalue weighted by Crippen LogP contribution is -2.18. The molecular formula is C25H22N6. The maximum atomic E-state index is 4.57. The van der Waals surface area contributed by atoms with E-state index in [4.69, 9.17) is 0 Å². The zero-order valence-corrected chi connectivity index (χ0v) is 17.0. The van der Waals surface area contributed by atoms with Gasteiger partial charge in [-0.3, -0.25) is 15.1 Å². The third-order valence-corrected chi connectivity index (χ3v) is 6.21. The van der Waals surface area contributed by atoms with Gasteiger partial charge in [-0.2, -0.15) is 5.10 Å². The molecular weight excluding hydrogens is 384 g/mol. The molecule has 3 N–H and O–H groups in total.